The number of aromatic nitrogens is 1. The number of benzene rings is 1. The number of nitrogens with zero attached hydrogens (tertiary/aromatic N) is 1. The number of hydrogen-bond acceptors (Lipinski definition) is 4. The summed E-state index contributed by atoms with van der Waals surface area (Å²) in [4.78, 5) is 0. The molecular weight excluding hydrogens is 242 g/mol. The molecule has 1 aromatic carbocycles. The smallest absolute Gasteiger partial charge is 0.230 e. The fourth-order valence-electron chi connectivity index (χ4n) is 1.69. The van der Waals surface area contributed by atoms with Crippen LogP contribution in [0.15, 0.2) is 22.7 Å². The average molecular weight is 254 g/mol. The molecule has 0 saturated heterocycles. The van der Waals surface area contributed by atoms with E-state index in [9.17, 15) is 8.78 Å². The highest BCUT2D eigenvalue weighted by molar-refractivity contribution is 5.75. The van der Waals surface area contributed by atoms with Crippen LogP contribution < -0.4 is 5.73 Å². The molecule has 2 N–H and O–H groups in total. The lowest BCUT2D eigenvalue weighted by Gasteiger charge is -2.04. The lowest BCUT2D eigenvalue weighted by molar-refractivity contribution is 0.200. The van der Waals surface area contributed by atoms with Gasteiger partial charge in [-0.15, -0.1) is 0 Å². The van der Waals surface area contributed by atoms with E-state index in [1.54, 1.807) is 7.11 Å². The first-order chi connectivity index (χ1) is 8.63. The summed E-state index contributed by atoms with van der Waals surface area (Å²) in [6, 6.07) is 3.26. The first-order valence-corrected chi connectivity index (χ1v) is 5.32. The Bertz CT molecular complexity index is 555. The number of anilines is 1. The minimum Gasteiger partial charge on any atom is -0.384 e. The predicted molar refractivity (Wildman–Crippen MR) is 61.8 cm³/mol. The molecular formula is C12H12F2N2O2. The van der Waals surface area contributed by atoms with Gasteiger partial charge in [0.1, 0.15) is 11.6 Å². The van der Waals surface area contributed by atoms with Gasteiger partial charge in [0.25, 0.3) is 0 Å². The summed E-state index contributed by atoms with van der Waals surface area (Å²) in [6.45, 7) is 0.405. The lowest BCUT2D eigenvalue weighted by atomic mass is 10.0. The van der Waals surface area contributed by atoms with Crippen LogP contribution >= 0.6 is 0 Å². The molecule has 0 aliphatic rings. The summed E-state index contributed by atoms with van der Waals surface area (Å²) < 4.78 is 36.3. The van der Waals surface area contributed by atoms with Gasteiger partial charge in [0.2, 0.25) is 5.88 Å². The Morgan fingerprint density at radius 3 is 2.83 bits per heavy atom. The summed E-state index contributed by atoms with van der Waals surface area (Å²) >= 11 is 0. The molecule has 4 nitrogen and oxygen atoms in total. The molecule has 2 aromatic rings. The molecule has 2 rings (SSSR count). The van der Waals surface area contributed by atoms with E-state index in [2.05, 4.69) is 5.16 Å². The van der Waals surface area contributed by atoms with Crippen molar-refractivity contribution in [1.82, 2.24) is 5.16 Å². The maximum absolute atomic E-state index is 13.7. The molecule has 0 aliphatic heterocycles. The molecule has 0 atom stereocenters. The molecule has 0 aliphatic carbocycles. The highest BCUT2D eigenvalue weighted by Crippen LogP contribution is 2.32. The summed E-state index contributed by atoms with van der Waals surface area (Å²) in [6.07, 6.45) is 0.434. The molecule has 6 heteroatoms. The maximum atomic E-state index is 13.7. The van der Waals surface area contributed by atoms with Crippen molar-refractivity contribution in [2.75, 3.05) is 19.5 Å². The van der Waals surface area contributed by atoms with Gasteiger partial charge in [-0.3, -0.25) is 0 Å². The molecule has 0 fully saturated rings. The third-order valence-electron chi connectivity index (χ3n) is 2.53. The minimum absolute atomic E-state index is 0.00612. The fraction of sp³-hybridized carbons (Fsp3) is 0.250. The van der Waals surface area contributed by atoms with Gasteiger partial charge in [0.15, 0.2) is 0 Å². The number of nitrogen functional groups attached to an aromatic ring is 1. The number of rotatable bonds is 4. The van der Waals surface area contributed by atoms with Crippen LogP contribution in [0.5, 0.6) is 0 Å². The third kappa shape index (κ3) is 2.33. The van der Waals surface area contributed by atoms with Gasteiger partial charge in [-0.05, 0) is 12.1 Å². The number of nitrogens with two attached hydrogens (primary N) is 1. The topological polar surface area (TPSA) is 61.3 Å². The van der Waals surface area contributed by atoms with Crippen molar-refractivity contribution in [3.63, 3.8) is 0 Å². The van der Waals surface area contributed by atoms with Crippen LogP contribution in [-0.2, 0) is 11.2 Å². The molecule has 0 amide bonds. The first-order valence-electron chi connectivity index (χ1n) is 5.32. The summed E-state index contributed by atoms with van der Waals surface area (Å²) in [5, 5.41) is 3.75. The van der Waals surface area contributed by atoms with Crippen LogP contribution in [0.25, 0.3) is 11.1 Å². The summed E-state index contributed by atoms with van der Waals surface area (Å²) in [5.74, 6) is -1.35. The lowest BCUT2D eigenvalue weighted by Crippen LogP contribution is -1.98. The highest BCUT2D eigenvalue weighted by Gasteiger charge is 2.18. The number of methoxy groups -OCH3 is 1. The number of halogens is 2. The Labute approximate surface area is 102 Å². The molecule has 0 saturated carbocycles. The van der Waals surface area contributed by atoms with Crippen molar-refractivity contribution < 1.29 is 18.0 Å². The zero-order valence-electron chi connectivity index (χ0n) is 9.74. The molecule has 18 heavy (non-hydrogen) atoms. The van der Waals surface area contributed by atoms with E-state index in [4.69, 9.17) is 15.0 Å². The van der Waals surface area contributed by atoms with Crippen LogP contribution in [-0.4, -0.2) is 18.9 Å². The highest BCUT2D eigenvalue weighted by atomic mass is 19.1. The second kappa shape index (κ2) is 5.14. The van der Waals surface area contributed by atoms with Crippen molar-refractivity contribution in [3.8, 4) is 11.1 Å². The van der Waals surface area contributed by atoms with E-state index >= 15 is 0 Å². The Hall–Kier alpha value is -1.95. The zero-order valence-corrected chi connectivity index (χ0v) is 9.74. The fourth-order valence-corrected chi connectivity index (χ4v) is 1.69. The molecule has 0 radical (unpaired) electrons. The molecule has 0 bridgehead atoms. The van der Waals surface area contributed by atoms with Crippen molar-refractivity contribution in [1.29, 1.82) is 0 Å². The van der Waals surface area contributed by atoms with Crippen molar-refractivity contribution in [2.45, 2.75) is 6.42 Å². The molecule has 96 valence electrons. The van der Waals surface area contributed by atoms with Crippen LogP contribution in [0.4, 0.5) is 14.7 Å². The van der Waals surface area contributed by atoms with Crippen LogP contribution in [0.3, 0.4) is 0 Å². The van der Waals surface area contributed by atoms with E-state index < -0.39 is 11.6 Å². The van der Waals surface area contributed by atoms with E-state index in [1.807, 2.05) is 0 Å². The van der Waals surface area contributed by atoms with Gasteiger partial charge in [0, 0.05) is 25.2 Å². The van der Waals surface area contributed by atoms with Crippen LogP contribution in [0.1, 0.15) is 5.69 Å². The second-order valence-corrected chi connectivity index (χ2v) is 3.74. The van der Waals surface area contributed by atoms with Crippen molar-refractivity contribution in [3.05, 3.63) is 35.5 Å². The predicted octanol–water partition coefficient (Wildman–Crippen LogP) is 2.39. The standard InChI is InChI=1S/C12H12F2N2O2/c1-17-5-4-10-11(12(15)18-16-10)8-3-2-7(13)6-9(8)14/h2-3,6H,4-5,15H2,1H3. The maximum Gasteiger partial charge on any atom is 0.230 e. The van der Waals surface area contributed by atoms with Gasteiger partial charge < -0.3 is 15.0 Å². The van der Waals surface area contributed by atoms with Gasteiger partial charge in [0.05, 0.1) is 17.9 Å². The summed E-state index contributed by atoms with van der Waals surface area (Å²) in [5.41, 5.74) is 6.63. The first kappa shape index (κ1) is 12.5. The Morgan fingerprint density at radius 2 is 2.17 bits per heavy atom. The largest absolute Gasteiger partial charge is 0.384 e. The Kier molecular flexibility index (Phi) is 3.57. The average Bonchev–Trinajstić information content (AvgIpc) is 2.68. The SMILES string of the molecule is COCCc1noc(N)c1-c1ccc(F)cc1F. The second-order valence-electron chi connectivity index (χ2n) is 3.74. The molecule has 0 spiro atoms. The van der Waals surface area contributed by atoms with Crippen LogP contribution in [0, 0.1) is 11.6 Å². The van der Waals surface area contributed by atoms with E-state index in [-0.39, 0.29) is 11.4 Å². The van der Waals surface area contributed by atoms with Crippen molar-refractivity contribution >= 4 is 5.88 Å². The zero-order chi connectivity index (χ0) is 13.1. The monoisotopic (exact) mass is 254 g/mol. The normalized spacial score (nSPS) is 10.8. The van der Waals surface area contributed by atoms with Gasteiger partial charge in [-0.1, -0.05) is 5.16 Å². The quantitative estimate of drug-likeness (QED) is 0.910. The summed E-state index contributed by atoms with van der Waals surface area (Å²) in [7, 11) is 1.54. The van der Waals surface area contributed by atoms with Crippen LogP contribution in [0.2, 0.25) is 0 Å². The van der Waals surface area contributed by atoms with Gasteiger partial charge in [-0.2, -0.15) is 0 Å². The Balaban J connectivity index is 2.45. The van der Waals surface area contributed by atoms with Gasteiger partial charge >= 0.3 is 0 Å². The van der Waals surface area contributed by atoms with Crippen molar-refractivity contribution in [2.24, 2.45) is 0 Å². The molecule has 1 aromatic heterocycles. The van der Waals surface area contributed by atoms with E-state index in [0.29, 0.717) is 24.3 Å². The third-order valence-corrected chi connectivity index (χ3v) is 2.53. The molecule has 1 heterocycles. The Morgan fingerprint density at radius 1 is 1.39 bits per heavy atom. The molecule has 0 unspecified atom stereocenters. The van der Waals surface area contributed by atoms with Gasteiger partial charge in [-0.25, -0.2) is 8.78 Å². The number of hydrogen-bond donors (Lipinski definition) is 1. The van der Waals surface area contributed by atoms with E-state index in [0.717, 1.165) is 12.1 Å². The minimum atomic E-state index is -0.705. The van der Waals surface area contributed by atoms with E-state index in [1.165, 1.54) is 6.07 Å². The number of ether oxygens (including phenoxy) is 1.